The minimum Gasteiger partial charge on any atom is -0.373 e. The number of thioether (sulfide) groups is 1. The Bertz CT molecular complexity index is 495. The molecular weight excluding hydrogens is 296 g/mol. The average molecular weight is 322 g/mol. The number of ether oxygens (including phenoxy) is 1. The molecule has 4 nitrogen and oxygen atoms in total. The van der Waals surface area contributed by atoms with Crippen molar-refractivity contribution in [1.29, 1.82) is 0 Å². The van der Waals surface area contributed by atoms with Crippen LogP contribution in [0.4, 0.5) is 0 Å². The number of nitrogens with zero attached hydrogens (tertiary/aromatic N) is 1. The summed E-state index contributed by atoms with van der Waals surface area (Å²) in [6.07, 6.45) is 0.0875. The third-order valence-corrected chi connectivity index (χ3v) is 4.83. The van der Waals surface area contributed by atoms with Crippen LogP contribution >= 0.6 is 11.8 Å². The van der Waals surface area contributed by atoms with Gasteiger partial charge in [-0.05, 0) is 26.5 Å². The fourth-order valence-electron chi connectivity index (χ4n) is 2.57. The van der Waals surface area contributed by atoms with Gasteiger partial charge in [-0.1, -0.05) is 29.8 Å². The van der Waals surface area contributed by atoms with Gasteiger partial charge in [-0.2, -0.15) is 0 Å². The van der Waals surface area contributed by atoms with Gasteiger partial charge < -0.3 is 15.0 Å². The van der Waals surface area contributed by atoms with Crippen LogP contribution < -0.4 is 5.32 Å². The Morgan fingerprint density at radius 1 is 1.55 bits per heavy atom. The molecule has 1 N–H and O–H groups in total. The molecule has 2 atom stereocenters. The lowest BCUT2D eigenvalue weighted by atomic mass is 10.1. The molecule has 1 aromatic rings. The highest BCUT2D eigenvalue weighted by Crippen LogP contribution is 2.13. The molecule has 0 aromatic heterocycles. The molecule has 1 heterocycles. The van der Waals surface area contributed by atoms with Crippen LogP contribution in [0.15, 0.2) is 24.3 Å². The highest BCUT2D eigenvalue weighted by molar-refractivity contribution is 7.99. The van der Waals surface area contributed by atoms with E-state index in [1.165, 1.54) is 11.1 Å². The van der Waals surface area contributed by atoms with Crippen LogP contribution in [0.2, 0.25) is 0 Å². The van der Waals surface area contributed by atoms with Crippen molar-refractivity contribution in [3.05, 3.63) is 35.4 Å². The second-order valence-electron chi connectivity index (χ2n) is 6.01. The smallest absolute Gasteiger partial charge is 0.230 e. The van der Waals surface area contributed by atoms with Crippen LogP contribution in [-0.4, -0.2) is 55.4 Å². The van der Waals surface area contributed by atoms with E-state index in [0.29, 0.717) is 5.75 Å². The average Bonchev–Trinajstić information content (AvgIpc) is 2.47. The van der Waals surface area contributed by atoms with E-state index < -0.39 is 0 Å². The van der Waals surface area contributed by atoms with E-state index in [9.17, 15) is 4.79 Å². The highest BCUT2D eigenvalue weighted by atomic mass is 32.2. The van der Waals surface area contributed by atoms with Crippen LogP contribution in [0.3, 0.4) is 0 Å². The second kappa shape index (κ2) is 8.56. The van der Waals surface area contributed by atoms with Crippen molar-refractivity contribution in [2.24, 2.45) is 0 Å². The quantitative estimate of drug-likeness (QED) is 0.870. The summed E-state index contributed by atoms with van der Waals surface area (Å²) in [4.78, 5) is 14.3. The summed E-state index contributed by atoms with van der Waals surface area (Å²) >= 11 is 1.65. The van der Waals surface area contributed by atoms with Crippen LogP contribution in [0.5, 0.6) is 0 Å². The van der Waals surface area contributed by atoms with Crippen molar-refractivity contribution in [3.8, 4) is 0 Å². The first-order valence-corrected chi connectivity index (χ1v) is 8.93. The topological polar surface area (TPSA) is 41.6 Å². The van der Waals surface area contributed by atoms with E-state index >= 15 is 0 Å². The molecule has 0 bridgehead atoms. The molecule has 0 unspecified atom stereocenters. The van der Waals surface area contributed by atoms with Gasteiger partial charge in [-0.25, -0.2) is 0 Å². The Morgan fingerprint density at radius 3 is 3.09 bits per heavy atom. The number of aryl methyl sites for hydroxylation is 1. The van der Waals surface area contributed by atoms with Crippen LogP contribution in [0.1, 0.15) is 18.1 Å². The third kappa shape index (κ3) is 5.63. The Kier molecular flexibility index (Phi) is 6.73. The lowest BCUT2D eigenvalue weighted by Crippen LogP contribution is -2.51. The molecule has 1 fully saturated rings. The summed E-state index contributed by atoms with van der Waals surface area (Å²) in [5, 5.41) is 3.06. The molecule has 122 valence electrons. The predicted octanol–water partition coefficient (Wildman–Crippen LogP) is 2.06. The van der Waals surface area contributed by atoms with Gasteiger partial charge in [0, 0.05) is 18.8 Å². The summed E-state index contributed by atoms with van der Waals surface area (Å²) in [7, 11) is 2.09. The van der Waals surface area contributed by atoms with E-state index in [-0.39, 0.29) is 18.1 Å². The summed E-state index contributed by atoms with van der Waals surface area (Å²) in [5.41, 5.74) is 2.53. The Labute approximate surface area is 137 Å². The molecule has 0 spiro atoms. The molecule has 2 rings (SSSR count). The van der Waals surface area contributed by atoms with Crippen molar-refractivity contribution >= 4 is 17.7 Å². The first kappa shape index (κ1) is 17.3. The number of carbonyl (C=O) groups excluding carboxylic acids is 1. The number of nitrogens with one attached hydrogen (secondary N) is 1. The van der Waals surface area contributed by atoms with Gasteiger partial charge in [0.05, 0.1) is 24.5 Å². The van der Waals surface area contributed by atoms with Gasteiger partial charge in [0.2, 0.25) is 5.91 Å². The molecule has 0 aliphatic carbocycles. The molecule has 1 aliphatic heterocycles. The van der Waals surface area contributed by atoms with E-state index in [4.69, 9.17) is 4.74 Å². The first-order valence-electron chi connectivity index (χ1n) is 7.77. The van der Waals surface area contributed by atoms with E-state index in [0.717, 1.165) is 25.4 Å². The lowest BCUT2D eigenvalue weighted by molar-refractivity contribution is -0.121. The second-order valence-corrected chi connectivity index (χ2v) is 7.00. The number of likely N-dealkylation sites (N-methyl/N-ethyl adjacent to an activating group) is 1. The molecule has 22 heavy (non-hydrogen) atoms. The molecule has 1 aliphatic rings. The van der Waals surface area contributed by atoms with Gasteiger partial charge in [-0.15, -0.1) is 11.8 Å². The zero-order chi connectivity index (χ0) is 15.9. The van der Waals surface area contributed by atoms with Crippen molar-refractivity contribution in [2.45, 2.75) is 31.7 Å². The SMILES string of the molecule is Cc1cccc(CSCC(=O)N[C@@H](C)[C@@H]2CN(C)CCO2)c1. The number of rotatable bonds is 6. The molecule has 1 saturated heterocycles. The van der Waals surface area contributed by atoms with Gasteiger partial charge in [-0.3, -0.25) is 4.79 Å². The van der Waals surface area contributed by atoms with Crippen LogP contribution in [-0.2, 0) is 15.3 Å². The predicted molar refractivity (Wildman–Crippen MR) is 92.2 cm³/mol. The fourth-order valence-corrected chi connectivity index (χ4v) is 3.35. The summed E-state index contributed by atoms with van der Waals surface area (Å²) < 4.78 is 5.73. The number of carbonyl (C=O) groups is 1. The monoisotopic (exact) mass is 322 g/mol. The van der Waals surface area contributed by atoms with E-state index in [1.54, 1.807) is 11.8 Å². The molecule has 1 aromatic carbocycles. The molecular formula is C17H26N2O2S. The molecule has 1 amide bonds. The van der Waals surface area contributed by atoms with Crippen LogP contribution in [0.25, 0.3) is 0 Å². The number of hydrogen-bond acceptors (Lipinski definition) is 4. The van der Waals surface area contributed by atoms with Crippen molar-refractivity contribution < 1.29 is 9.53 Å². The van der Waals surface area contributed by atoms with Crippen LogP contribution in [0, 0.1) is 6.92 Å². The normalized spacial score (nSPS) is 20.6. The number of amides is 1. The zero-order valence-electron chi connectivity index (χ0n) is 13.7. The minimum atomic E-state index is 0.0508. The van der Waals surface area contributed by atoms with Crippen molar-refractivity contribution in [3.63, 3.8) is 0 Å². The molecule has 0 radical (unpaired) electrons. The zero-order valence-corrected chi connectivity index (χ0v) is 14.5. The lowest BCUT2D eigenvalue weighted by Gasteiger charge is -2.33. The summed E-state index contributed by atoms with van der Waals surface area (Å²) in [5.74, 6) is 1.44. The Hall–Kier alpha value is -1.04. The summed E-state index contributed by atoms with van der Waals surface area (Å²) in [6.45, 7) is 6.68. The summed E-state index contributed by atoms with van der Waals surface area (Å²) in [6, 6.07) is 8.47. The van der Waals surface area contributed by atoms with Gasteiger partial charge in [0.15, 0.2) is 0 Å². The standard InChI is InChI=1S/C17H26N2O2S/c1-13-5-4-6-15(9-13)11-22-12-17(20)18-14(2)16-10-19(3)7-8-21-16/h4-6,9,14,16H,7-8,10-12H2,1-3H3,(H,18,20)/t14-,16-/m0/s1. The Balaban J connectivity index is 1.69. The van der Waals surface area contributed by atoms with Gasteiger partial charge in [0.1, 0.15) is 0 Å². The maximum absolute atomic E-state index is 12.0. The molecule has 0 saturated carbocycles. The number of benzene rings is 1. The highest BCUT2D eigenvalue weighted by Gasteiger charge is 2.24. The largest absolute Gasteiger partial charge is 0.373 e. The van der Waals surface area contributed by atoms with Gasteiger partial charge >= 0.3 is 0 Å². The third-order valence-electron chi connectivity index (χ3n) is 3.83. The minimum absolute atomic E-state index is 0.0508. The first-order chi connectivity index (χ1) is 10.5. The van der Waals surface area contributed by atoms with Gasteiger partial charge in [0.25, 0.3) is 0 Å². The van der Waals surface area contributed by atoms with E-state index in [1.807, 2.05) is 6.92 Å². The fraction of sp³-hybridized carbons (Fsp3) is 0.588. The van der Waals surface area contributed by atoms with Crippen molar-refractivity contribution in [2.75, 3.05) is 32.5 Å². The molecule has 5 heteroatoms. The maximum Gasteiger partial charge on any atom is 0.230 e. The maximum atomic E-state index is 12.0. The van der Waals surface area contributed by atoms with E-state index in [2.05, 4.69) is 48.5 Å². The number of hydrogen-bond donors (Lipinski definition) is 1. The van der Waals surface area contributed by atoms with Crippen molar-refractivity contribution in [1.82, 2.24) is 10.2 Å². The Morgan fingerprint density at radius 2 is 2.36 bits per heavy atom. The number of morpholine rings is 1.